The second-order valence-corrected chi connectivity index (χ2v) is 2.59. The lowest BCUT2D eigenvalue weighted by Crippen LogP contribution is -2.69. The minimum absolute atomic E-state index is 0.119. The standard InChI is InChI=1S/C4H14N5/c5-8-1-3-9(6,7)4-2-8/h1-7H2/q+1. The highest BCUT2D eigenvalue weighted by molar-refractivity contribution is 4.52. The fraction of sp³-hybridized carbons (Fsp3) is 1.00. The summed E-state index contributed by atoms with van der Waals surface area (Å²) in [6.07, 6.45) is 0. The second-order valence-electron chi connectivity index (χ2n) is 2.59. The molecule has 0 radical (unpaired) electrons. The first-order valence-corrected chi connectivity index (χ1v) is 3.04. The van der Waals surface area contributed by atoms with Crippen LogP contribution in [0.4, 0.5) is 0 Å². The Morgan fingerprint density at radius 3 is 1.89 bits per heavy atom. The zero-order valence-corrected chi connectivity index (χ0v) is 5.45. The number of hydrogen-bond donors (Lipinski definition) is 3. The van der Waals surface area contributed by atoms with Crippen molar-refractivity contribution in [2.24, 2.45) is 17.5 Å². The molecule has 54 valence electrons. The topological polar surface area (TPSA) is 81.3 Å². The van der Waals surface area contributed by atoms with Gasteiger partial charge in [0.2, 0.25) is 0 Å². The van der Waals surface area contributed by atoms with Crippen LogP contribution in [0.25, 0.3) is 0 Å². The van der Waals surface area contributed by atoms with Crippen molar-refractivity contribution >= 4 is 0 Å². The van der Waals surface area contributed by atoms with Gasteiger partial charge in [-0.15, -0.1) is 0 Å². The smallest absolute Gasteiger partial charge is 0.128 e. The summed E-state index contributed by atoms with van der Waals surface area (Å²) in [5, 5.41) is 1.73. The van der Waals surface area contributed by atoms with Gasteiger partial charge in [0.15, 0.2) is 0 Å². The van der Waals surface area contributed by atoms with Gasteiger partial charge >= 0.3 is 0 Å². The Labute approximate surface area is 54.5 Å². The molecular weight excluding hydrogens is 118 g/mol. The van der Waals surface area contributed by atoms with Crippen molar-refractivity contribution in [3.63, 3.8) is 0 Å². The fourth-order valence-corrected chi connectivity index (χ4v) is 0.853. The highest BCUT2D eigenvalue weighted by Gasteiger charge is 2.24. The third-order valence-electron chi connectivity index (χ3n) is 1.61. The number of nitrogens with zero attached hydrogens (tertiary/aromatic N) is 2. The van der Waals surface area contributed by atoms with Crippen LogP contribution in [0.2, 0.25) is 0 Å². The first-order chi connectivity index (χ1) is 4.10. The highest BCUT2D eigenvalue weighted by Crippen LogP contribution is 1.95. The lowest BCUT2D eigenvalue weighted by atomic mass is 10.4. The summed E-state index contributed by atoms with van der Waals surface area (Å²) in [7, 11) is 0. The van der Waals surface area contributed by atoms with Crippen LogP contribution in [0.5, 0.6) is 0 Å². The van der Waals surface area contributed by atoms with Crippen LogP contribution in [-0.4, -0.2) is 35.9 Å². The molecule has 0 saturated carbocycles. The van der Waals surface area contributed by atoms with Crippen LogP contribution in [-0.2, 0) is 0 Å². The summed E-state index contributed by atoms with van der Waals surface area (Å²) in [5.74, 6) is 16.6. The van der Waals surface area contributed by atoms with Crippen molar-refractivity contribution in [3.8, 4) is 0 Å². The van der Waals surface area contributed by atoms with E-state index in [0.29, 0.717) is 0 Å². The van der Waals surface area contributed by atoms with Crippen molar-refractivity contribution in [2.45, 2.75) is 0 Å². The molecule has 5 nitrogen and oxygen atoms in total. The Bertz CT molecular complexity index is 91.1. The van der Waals surface area contributed by atoms with Crippen molar-refractivity contribution in [1.29, 1.82) is 0 Å². The Balaban J connectivity index is 2.35. The Kier molecular flexibility index (Phi) is 1.69. The van der Waals surface area contributed by atoms with Crippen LogP contribution in [0.1, 0.15) is 0 Å². The fourth-order valence-electron chi connectivity index (χ4n) is 0.853. The summed E-state index contributed by atoms with van der Waals surface area (Å²) >= 11 is 0. The molecule has 6 N–H and O–H groups in total. The number of quaternary nitrogens is 1. The Hall–Kier alpha value is -0.200. The zero-order valence-electron chi connectivity index (χ0n) is 5.45. The molecule has 0 aromatic carbocycles. The molecule has 0 bridgehead atoms. The molecule has 0 aromatic rings. The average molecular weight is 132 g/mol. The number of rotatable bonds is 0. The molecule has 1 heterocycles. The molecular formula is C4H14N5+. The quantitative estimate of drug-likeness (QED) is 0.257. The molecule has 1 fully saturated rings. The summed E-state index contributed by atoms with van der Waals surface area (Å²) in [4.78, 5) is 0. The maximum absolute atomic E-state index is 5.57. The molecule has 0 aliphatic carbocycles. The third kappa shape index (κ3) is 1.88. The van der Waals surface area contributed by atoms with Gasteiger partial charge < -0.3 is 0 Å². The molecule has 0 amide bonds. The molecule has 9 heavy (non-hydrogen) atoms. The van der Waals surface area contributed by atoms with Crippen molar-refractivity contribution in [3.05, 3.63) is 0 Å². The van der Waals surface area contributed by atoms with Gasteiger partial charge in [0, 0.05) is 0 Å². The minimum atomic E-state index is 0.119. The molecule has 0 aromatic heterocycles. The summed E-state index contributed by atoms with van der Waals surface area (Å²) in [6, 6.07) is 0. The molecule has 1 rings (SSSR count). The van der Waals surface area contributed by atoms with Crippen LogP contribution >= 0.6 is 0 Å². The third-order valence-corrected chi connectivity index (χ3v) is 1.61. The van der Waals surface area contributed by atoms with E-state index in [-0.39, 0.29) is 4.70 Å². The molecule has 0 atom stereocenters. The van der Waals surface area contributed by atoms with Gasteiger partial charge in [-0.2, -0.15) is 16.4 Å². The van der Waals surface area contributed by atoms with Gasteiger partial charge in [0.1, 0.15) is 13.1 Å². The van der Waals surface area contributed by atoms with Crippen molar-refractivity contribution in [1.82, 2.24) is 5.01 Å². The van der Waals surface area contributed by atoms with E-state index < -0.39 is 0 Å². The van der Waals surface area contributed by atoms with E-state index in [1.807, 2.05) is 0 Å². The van der Waals surface area contributed by atoms with Gasteiger partial charge in [-0.25, -0.2) is 5.01 Å². The molecule has 1 saturated heterocycles. The lowest BCUT2D eigenvalue weighted by Gasteiger charge is -2.34. The first kappa shape index (κ1) is 6.91. The Morgan fingerprint density at radius 1 is 1.11 bits per heavy atom. The van der Waals surface area contributed by atoms with Crippen LogP contribution < -0.4 is 17.5 Å². The van der Waals surface area contributed by atoms with Crippen LogP contribution in [0.3, 0.4) is 0 Å². The molecule has 5 heteroatoms. The predicted octanol–water partition coefficient (Wildman–Crippen LogP) is -2.26. The first-order valence-electron chi connectivity index (χ1n) is 3.04. The summed E-state index contributed by atoms with van der Waals surface area (Å²) in [5.41, 5.74) is 0. The monoisotopic (exact) mass is 132 g/mol. The van der Waals surface area contributed by atoms with Gasteiger partial charge in [-0.1, -0.05) is 0 Å². The van der Waals surface area contributed by atoms with Crippen molar-refractivity contribution < 1.29 is 4.70 Å². The van der Waals surface area contributed by atoms with Crippen LogP contribution in [0.15, 0.2) is 0 Å². The molecule has 0 unspecified atom stereocenters. The van der Waals surface area contributed by atoms with E-state index in [9.17, 15) is 0 Å². The van der Waals surface area contributed by atoms with Gasteiger partial charge in [0.05, 0.1) is 13.1 Å². The summed E-state index contributed by atoms with van der Waals surface area (Å²) < 4.78 is 0.119. The number of hydrogen-bond acceptors (Lipinski definition) is 4. The van der Waals surface area contributed by atoms with E-state index in [1.165, 1.54) is 0 Å². The van der Waals surface area contributed by atoms with Crippen LogP contribution in [0, 0.1) is 0 Å². The molecule has 1 aliphatic rings. The zero-order chi connectivity index (χ0) is 6.91. The van der Waals surface area contributed by atoms with E-state index in [1.54, 1.807) is 5.01 Å². The molecule has 1 aliphatic heterocycles. The largest absolute Gasteiger partial charge is 0.268 e. The van der Waals surface area contributed by atoms with E-state index >= 15 is 0 Å². The highest BCUT2D eigenvalue weighted by atomic mass is 15.8. The maximum atomic E-state index is 5.57. The lowest BCUT2D eigenvalue weighted by molar-refractivity contribution is -0.955. The number of hydrazine groups is 1. The van der Waals surface area contributed by atoms with Gasteiger partial charge in [0.25, 0.3) is 0 Å². The summed E-state index contributed by atoms with van der Waals surface area (Å²) in [6.45, 7) is 3.03. The number of piperazine rings is 1. The second kappa shape index (κ2) is 2.20. The van der Waals surface area contributed by atoms with E-state index in [4.69, 9.17) is 17.5 Å². The average Bonchev–Trinajstić information content (AvgIpc) is 1.78. The van der Waals surface area contributed by atoms with E-state index in [2.05, 4.69) is 0 Å². The Morgan fingerprint density at radius 2 is 1.56 bits per heavy atom. The molecule has 0 spiro atoms. The predicted molar refractivity (Wildman–Crippen MR) is 34.1 cm³/mol. The minimum Gasteiger partial charge on any atom is -0.268 e. The SMILES string of the molecule is NN1CC[N+](N)(N)CC1. The normalized spacial score (nSPS) is 28.3. The maximum Gasteiger partial charge on any atom is 0.128 e. The van der Waals surface area contributed by atoms with E-state index in [0.717, 1.165) is 26.2 Å². The van der Waals surface area contributed by atoms with Crippen molar-refractivity contribution in [2.75, 3.05) is 26.2 Å². The number of nitrogens with two attached hydrogens (primary N) is 3. The van der Waals surface area contributed by atoms with Gasteiger partial charge in [-0.3, -0.25) is 5.84 Å². The van der Waals surface area contributed by atoms with Gasteiger partial charge in [-0.05, 0) is 0 Å².